The second kappa shape index (κ2) is 10.8. The van der Waals surface area contributed by atoms with Crippen LogP contribution in [0, 0.1) is 0 Å². The number of rotatable bonds is 7. The van der Waals surface area contributed by atoms with Gasteiger partial charge in [-0.05, 0) is 55.0 Å². The second-order valence-corrected chi connectivity index (χ2v) is 8.86. The summed E-state index contributed by atoms with van der Waals surface area (Å²) in [7, 11) is 1.56. The van der Waals surface area contributed by atoms with Crippen molar-refractivity contribution in [3.63, 3.8) is 0 Å². The number of fused-ring (bicyclic) bond motifs is 1. The lowest BCUT2D eigenvalue weighted by Crippen LogP contribution is -2.20. The van der Waals surface area contributed by atoms with Crippen molar-refractivity contribution in [3.8, 4) is 34.3 Å². The Hall–Kier alpha value is -4.63. The lowest BCUT2D eigenvalue weighted by atomic mass is 9.93. The van der Waals surface area contributed by atoms with Gasteiger partial charge in [-0.15, -0.1) is 0 Å². The first-order valence-corrected chi connectivity index (χ1v) is 12.0. The van der Waals surface area contributed by atoms with Gasteiger partial charge in [0.2, 0.25) is 5.88 Å². The number of amides is 1. The molecule has 0 saturated heterocycles. The highest BCUT2D eigenvalue weighted by atomic mass is 35.5. The Morgan fingerprint density at radius 2 is 1.76 bits per heavy atom. The van der Waals surface area contributed by atoms with Crippen LogP contribution in [-0.4, -0.2) is 40.7 Å². The van der Waals surface area contributed by atoms with Gasteiger partial charge in [-0.2, -0.15) is 0 Å². The van der Waals surface area contributed by atoms with E-state index in [4.69, 9.17) is 25.8 Å². The number of carboxylic acid groups (broad SMARTS) is 1. The Kier molecular flexibility index (Phi) is 7.10. The molecule has 0 bridgehead atoms. The number of benzene rings is 2. The molecule has 2 aromatic heterocycles. The minimum Gasteiger partial charge on any atom is -0.493 e. The first-order chi connectivity index (χ1) is 18.4. The minimum absolute atomic E-state index is 0.266. The molecule has 9 nitrogen and oxygen atoms in total. The first kappa shape index (κ1) is 25.0. The molecule has 0 spiro atoms. The van der Waals surface area contributed by atoms with Gasteiger partial charge in [0.1, 0.15) is 23.1 Å². The zero-order valence-corrected chi connectivity index (χ0v) is 20.9. The lowest BCUT2D eigenvalue weighted by Gasteiger charge is -2.24. The van der Waals surface area contributed by atoms with Gasteiger partial charge in [-0.3, -0.25) is 9.59 Å². The van der Waals surface area contributed by atoms with Gasteiger partial charge in [0.05, 0.1) is 24.7 Å². The number of nitrogens with zero attached hydrogens (tertiary/aromatic N) is 2. The maximum atomic E-state index is 12.7. The number of hydrogen-bond acceptors (Lipinski definition) is 7. The summed E-state index contributed by atoms with van der Waals surface area (Å²) < 4.78 is 16.6. The van der Waals surface area contributed by atoms with Crippen LogP contribution < -0.4 is 19.5 Å². The SMILES string of the molecule is COc1ccc(-c2ccc(NC(=O)c3ccc(Oc4cc5c(cc4Cl)C(C(=O)O)CCO5)cc3)nc2)cn1. The fourth-order valence-electron chi connectivity index (χ4n) is 4.02. The fraction of sp³-hybridized carbons (Fsp3) is 0.143. The van der Waals surface area contributed by atoms with Crippen LogP contribution in [0.25, 0.3) is 11.1 Å². The number of carbonyl (C=O) groups excluding carboxylic acids is 1. The van der Waals surface area contributed by atoms with Crippen LogP contribution in [0.1, 0.15) is 28.3 Å². The van der Waals surface area contributed by atoms with Crippen LogP contribution >= 0.6 is 11.6 Å². The van der Waals surface area contributed by atoms with Crippen molar-refractivity contribution in [2.45, 2.75) is 12.3 Å². The average Bonchev–Trinajstić information content (AvgIpc) is 2.94. The highest BCUT2D eigenvalue weighted by Crippen LogP contribution is 2.41. The molecule has 1 aliphatic heterocycles. The number of ether oxygens (including phenoxy) is 3. The third-order valence-electron chi connectivity index (χ3n) is 6.03. The highest BCUT2D eigenvalue weighted by Gasteiger charge is 2.29. The Balaban J connectivity index is 1.24. The van der Waals surface area contributed by atoms with E-state index >= 15 is 0 Å². The highest BCUT2D eigenvalue weighted by molar-refractivity contribution is 6.32. The van der Waals surface area contributed by atoms with Crippen LogP contribution in [0.4, 0.5) is 5.82 Å². The molecule has 5 rings (SSSR count). The molecule has 1 unspecified atom stereocenters. The monoisotopic (exact) mass is 531 g/mol. The van der Waals surface area contributed by atoms with Crippen molar-refractivity contribution in [2.75, 3.05) is 19.0 Å². The smallest absolute Gasteiger partial charge is 0.311 e. The van der Waals surface area contributed by atoms with E-state index in [9.17, 15) is 14.7 Å². The molecular formula is C28H22ClN3O6. The topological polar surface area (TPSA) is 120 Å². The summed E-state index contributed by atoms with van der Waals surface area (Å²) in [5.74, 6) is 0.206. The van der Waals surface area contributed by atoms with Gasteiger partial charge in [0.25, 0.3) is 5.91 Å². The molecule has 2 N–H and O–H groups in total. The summed E-state index contributed by atoms with van der Waals surface area (Å²) >= 11 is 6.36. The van der Waals surface area contributed by atoms with Gasteiger partial charge in [-0.1, -0.05) is 11.6 Å². The maximum Gasteiger partial charge on any atom is 0.311 e. The van der Waals surface area contributed by atoms with Crippen LogP contribution in [0.15, 0.2) is 73.1 Å². The molecule has 4 aromatic rings. The zero-order valence-electron chi connectivity index (χ0n) is 20.2. The maximum absolute atomic E-state index is 12.7. The Bertz CT molecular complexity index is 1470. The number of methoxy groups -OCH3 is 1. The minimum atomic E-state index is -0.922. The number of pyridine rings is 2. The molecule has 2 aromatic carbocycles. The van der Waals surface area contributed by atoms with E-state index in [-0.39, 0.29) is 10.9 Å². The molecule has 0 aliphatic carbocycles. The van der Waals surface area contributed by atoms with Gasteiger partial charge in [-0.25, -0.2) is 9.97 Å². The molecule has 38 heavy (non-hydrogen) atoms. The molecule has 3 heterocycles. The predicted molar refractivity (Wildman–Crippen MR) is 140 cm³/mol. The van der Waals surface area contributed by atoms with Crippen molar-refractivity contribution in [1.29, 1.82) is 0 Å². The van der Waals surface area contributed by atoms with Gasteiger partial charge in [0, 0.05) is 46.8 Å². The number of carbonyl (C=O) groups is 2. The number of aliphatic carboxylic acids is 1. The summed E-state index contributed by atoms with van der Waals surface area (Å²) in [4.78, 5) is 32.7. The Morgan fingerprint density at radius 1 is 1.03 bits per heavy atom. The van der Waals surface area contributed by atoms with E-state index in [0.717, 1.165) is 11.1 Å². The van der Waals surface area contributed by atoms with Crippen LogP contribution in [0.3, 0.4) is 0 Å². The molecule has 10 heteroatoms. The largest absolute Gasteiger partial charge is 0.493 e. The van der Waals surface area contributed by atoms with Gasteiger partial charge < -0.3 is 24.6 Å². The van der Waals surface area contributed by atoms with E-state index in [1.54, 1.807) is 68.0 Å². The molecule has 1 aliphatic rings. The van der Waals surface area contributed by atoms with Crippen molar-refractivity contribution < 1.29 is 28.9 Å². The van der Waals surface area contributed by atoms with Crippen molar-refractivity contribution in [1.82, 2.24) is 9.97 Å². The number of aromatic nitrogens is 2. The lowest BCUT2D eigenvalue weighted by molar-refractivity contribution is -0.139. The Morgan fingerprint density at radius 3 is 2.39 bits per heavy atom. The molecular weight excluding hydrogens is 510 g/mol. The average molecular weight is 532 g/mol. The number of carboxylic acids is 1. The van der Waals surface area contributed by atoms with E-state index in [0.29, 0.717) is 53.1 Å². The molecule has 0 fully saturated rings. The summed E-state index contributed by atoms with van der Waals surface area (Å²) in [5, 5.41) is 12.5. The quantitative estimate of drug-likeness (QED) is 0.307. The summed E-state index contributed by atoms with van der Waals surface area (Å²) in [6, 6.07) is 16.9. The number of nitrogens with one attached hydrogen (secondary N) is 1. The predicted octanol–water partition coefficient (Wildman–Crippen LogP) is 5.80. The van der Waals surface area contributed by atoms with Crippen LogP contribution in [0.5, 0.6) is 23.1 Å². The van der Waals surface area contributed by atoms with Crippen molar-refractivity contribution in [3.05, 3.63) is 89.2 Å². The van der Waals surface area contributed by atoms with Gasteiger partial charge >= 0.3 is 5.97 Å². The first-order valence-electron chi connectivity index (χ1n) is 11.7. The Labute approximate surface area is 223 Å². The number of hydrogen-bond donors (Lipinski definition) is 2. The fourth-order valence-corrected chi connectivity index (χ4v) is 4.24. The number of halogens is 1. The van der Waals surface area contributed by atoms with Crippen LogP contribution in [0.2, 0.25) is 5.02 Å². The van der Waals surface area contributed by atoms with E-state index in [1.165, 1.54) is 0 Å². The van der Waals surface area contributed by atoms with Crippen LogP contribution in [-0.2, 0) is 4.79 Å². The normalized spacial score (nSPS) is 14.1. The number of anilines is 1. The van der Waals surface area contributed by atoms with E-state index < -0.39 is 11.9 Å². The molecule has 0 radical (unpaired) electrons. The summed E-state index contributed by atoms with van der Waals surface area (Å²) in [6.07, 6.45) is 3.72. The molecule has 192 valence electrons. The third kappa shape index (κ3) is 5.37. The van der Waals surface area contributed by atoms with Gasteiger partial charge in [0.15, 0.2) is 0 Å². The third-order valence-corrected chi connectivity index (χ3v) is 6.33. The zero-order chi connectivity index (χ0) is 26.6. The molecule has 1 amide bonds. The van der Waals surface area contributed by atoms with Crippen molar-refractivity contribution in [2.24, 2.45) is 0 Å². The van der Waals surface area contributed by atoms with Crippen molar-refractivity contribution >= 4 is 29.3 Å². The standard InChI is InChI=1S/C28H22ClN3O6/c1-36-26-9-5-18(15-31-26)17-4-8-25(30-14-17)32-27(33)16-2-6-19(7-3-16)38-24-13-23-21(12-22(24)29)20(28(34)35)10-11-37-23/h2-9,12-15,20H,10-11H2,1H3,(H,34,35)(H,30,32,33). The summed E-state index contributed by atoms with van der Waals surface area (Å²) in [6.45, 7) is 0.297. The molecule has 1 atom stereocenters. The van der Waals surface area contributed by atoms with E-state index in [1.807, 2.05) is 12.1 Å². The molecule has 0 saturated carbocycles. The summed E-state index contributed by atoms with van der Waals surface area (Å²) in [5.41, 5.74) is 2.66. The van der Waals surface area contributed by atoms with E-state index in [2.05, 4.69) is 15.3 Å². The second-order valence-electron chi connectivity index (χ2n) is 8.45.